The lowest BCUT2D eigenvalue weighted by Crippen LogP contribution is -2.49. The Morgan fingerprint density at radius 1 is 1.33 bits per heavy atom. The highest BCUT2D eigenvalue weighted by Crippen LogP contribution is 2.41. The fourth-order valence-corrected chi connectivity index (χ4v) is 4.44. The molecule has 2 saturated carbocycles. The lowest BCUT2D eigenvalue weighted by molar-refractivity contribution is -0.128. The number of aromatic amines is 1. The average molecular weight is 330 g/mol. The zero-order valence-corrected chi connectivity index (χ0v) is 13.6. The van der Waals surface area contributed by atoms with Gasteiger partial charge in [0.2, 0.25) is 5.91 Å². The van der Waals surface area contributed by atoms with Gasteiger partial charge in [-0.15, -0.1) is 0 Å². The summed E-state index contributed by atoms with van der Waals surface area (Å²) in [7, 11) is 0. The molecule has 0 radical (unpaired) electrons. The van der Waals surface area contributed by atoms with E-state index in [1.165, 1.54) is 18.6 Å². The van der Waals surface area contributed by atoms with Crippen LogP contribution < -0.4 is 11.1 Å². The molecule has 4 rings (SSSR count). The standard InChI is InChI=1S/C18H23FN4O/c19-13-4-5-14-15(8-13)23-16(22-14)9-21-18(24)12-6-10-2-1-3-11(7-12)17(10)20/h4-5,8,10-12,17H,1-3,6-7,9,20H2,(H,21,24)(H,22,23). The highest BCUT2D eigenvalue weighted by atomic mass is 19.1. The number of aromatic nitrogens is 2. The summed E-state index contributed by atoms with van der Waals surface area (Å²) in [6, 6.07) is 4.71. The zero-order valence-electron chi connectivity index (χ0n) is 13.6. The first-order valence-electron chi connectivity index (χ1n) is 8.77. The SMILES string of the molecule is NC1C2CCCC1CC(C(=O)NCc1nc3ccc(F)cc3[nH]1)C2. The quantitative estimate of drug-likeness (QED) is 0.808. The number of hydrogen-bond acceptors (Lipinski definition) is 3. The second kappa shape index (κ2) is 6.16. The molecule has 6 heteroatoms. The second-order valence-electron chi connectivity index (χ2n) is 7.26. The maximum Gasteiger partial charge on any atom is 0.223 e. The number of rotatable bonds is 3. The van der Waals surface area contributed by atoms with Gasteiger partial charge < -0.3 is 16.0 Å². The molecule has 0 spiro atoms. The largest absolute Gasteiger partial charge is 0.349 e. The van der Waals surface area contributed by atoms with E-state index in [1.807, 2.05) is 0 Å². The topological polar surface area (TPSA) is 83.8 Å². The van der Waals surface area contributed by atoms with E-state index in [1.54, 1.807) is 6.07 Å². The monoisotopic (exact) mass is 330 g/mol. The van der Waals surface area contributed by atoms with Crippen molar-refractivity contribution in [3.63, 3.8) is 0 Å². The maximum absolute atomic E-state index is 13.2. The summed E-state index contributed by atoms with van der Waals surface area (Å²) in [5.41, 5.74) is 7.65. The van der Waals surface area contributed by atoms with E-state index in [-0.39, 0.29) is 23.7 Å². The van der Waals surface area contributed by atoms with Crippen LogP contribution in [0.3, 0.4) is 0 Å². The molecule has 128 valence electrons. The Morgan fingerprint density at radius 3 is 2.83 bits per heavy atom. The molecule has 24 heavy (non-hydrogen) atoms. The van der Waals surface area contributed by atoms with E-state index in [9.17, 15) is 9.18 Å². The van der Waals surface area contributed by atoms with Crippen LogP contribution in [0.2, 0.25) is 0 Å². The Bertz CT molecular complexity index is 745. The summed E-state index contributed by atoms with van der Waals surface area (Å²) in [6.07, 6.45) is 5.34. The Kier molecular flexibility index (Phi) is 4.00. The second-order valence-corrected chi connectivity index (χ2v) is 7.26. The third kappa shape index (κ3) is 2.90. The normalized spacial score (nSPS) is 29.6. The average Bonchev–Trinajstić information content (AvgIpc) is 2.94. The third-order valence-corrected chi connectivity index (χ3v) is 5.71. The number of carbonyl (C=O) groups is 1. The number of imidazole rings is 1. The Hall–Kier alpha value is -1.95. The molecule has 1 aromatic heterocycles. The van der Waals surface area contributed by atoms with Crippen LogP contribution in [0.15, 0.2) is 18.2 Å². The minimum Gasteiger partial charge on any atom is -0.349 e. The van der Waals surface area contributed by atoms with Crippen molar-refractivity contribution in [2.75, 3.05) is 0 Å². The number of halogens is 1. The van der Waals surface area contributed by atoms with E-state index in [4.69, 9.17) is 5.73 Å². The number of hydrogen-bond donors (Lipinski definition) is 3. The number of H-pyrrole nitrogens is 1. The molecule has 0 aliphatic heterocycles. The fourth-order valence-electron chi connectivity index (χ4n) is 4.44. The Morgan fingerprint density at radius 2 is 2.08 bits per heavy atom. The van der Waals surface area contributed by atoms with Gasteiger partial charge in [0.05, 0.1) is 17.6 Å². The van der Waals surface area contributed by atoms with Gasteiger partial charge >= 0.3 is 0 Å². The molecule has 5 nitrogen and oxygen atoms in total. The van der Waals surface area contributed by atoms with E-state index in [0.717, 1.165) is 25.7 Å². The molecule has 2 aromatic rings. The van der Waals surface area contributed by atoms with Gasteiger partial charge in [0.1, 0.15) is 11.6 Å². The zero-order chi connectivity index (χ0) is 16.7. The van der Waals surface area contributed by atoms with Crippen LogP contribution >= 0.6 is 0 Å². The van der Waals surface area contributed by atoms with Gasteiger partial charge in [0, 0.05) is 12.0 Å². The number of amides is 1. The predicted octanol–water partition coefficient (Wildman–Crippen LogP) is 2.47. The van der Waals surface area contributed by atoms with Crippen LogP contribution in [-0.2, 0) is 11.3 Å². The molecule has 2 bridgehead atoms. The van der Waals surface area contributed by atoms with E-state index in [0.29, 0.717) is 35.2 Å². The van der Waals surface area contributed by atoms with Crippen molar-refractivity contribution in [1.82, 2.24) is 15.3 Å². The van der Waals surface area contributed by atoms with Gasteiger partial charge in [-0.25, -0.2) is 9.37 Å². The fraction of sp³-hybridized carbons (Fsp3) is 0.556. The molecule has 1 heterocycles. The van der Waals surface area contributed by atoms with E-state index < -0.39 is 0 Å². The van der Waals surface area contributed by atoms with Crippen molar-refractivity contribution in [2.24, 2.45) is 23.5 Å². The Labute approximate surface area is 140 Å². The van der Waals surface area contributed by atoms with Gasteiger partial charge in [-0.2, -0.15) is 0 Å². The van der Waals surface area contributed by atoms with Gasteiger partial charge in [0.15, 0.2) is 0 Å². The predicted molar refractivity (Wildman–Crippen MR) is 89.4 cm³/mol. The molecule has 2 unspecified atom stereocenters. The lowest BCUT2D eigenvalue weighted by Gasteiger charge is -2.43. The van der Waals surface area contributed by atoms with Crippen LogP contribution in [0.1, 0.15) is 37.9 Å². The molecule has 2 aliphatic carbocycles. The van der Waals surface area contributed by atoms with Crippen molar-refractivity contribution < 1.29 is 9.18 Å². The summed E-state index contributed by atoms with van der Waals surface area (Å²) < 4.78 is 13.2. The summed E-state index contributed by atoms with van der Waals surface area (Å²) in [6.45, 7) is 0.340. The molecule has 2 fully saturated rings. The molecule has 0 saturated heterocycles. The van der Waals surface area contributed by atoms with Crippen LogP contribution in [0.4, 0.5) is 4.39 Å². The van der Waals surface area contributed by atoms with Crippen LogP contribution in [0.25, 0.3) is 11.0 Å². The first-order chi connectivity index (χ1) is 11.6. The lowest BCUT2D eigenvalue weighted by atomic mass is 9.65. The smallest absolute Gasteiger partial charge is 0.223 e. The van der Waals surface area contributed by atoms with Gasteiger partial charge in [0.25, 0.3) is 0 Å². The number of fused-ring (bicyclic) bond motifs is 3. The summed E-state index contributed by atoms with van der Waals surface area (Å²) in [5, 5.41) is 2.98. The first-order valence-corrected chi connectivity index (χ1v) is 8.77. The Balaban J connectivity index is 1.39. The van der Waals surface area contributed by atoms with Gasteiger partial charge in [-0.3, -0.25) is 4.79 Å². The molecule has 1 aromatic carbocycles. The number of carbonyl (C=O) groups excluding carboxylic acids is 1. The first kappa shape index (κ1) is 15.6. The number of benzene rings is 1. The van der Waals surface area contributed by atoms with Gasteiger partial charge in [-0.1, -0.05) is 6.42 Å². The summed E-state index contributed by atoms with van der Waals surface area (Å²) >= 11 is 0. The number of nitrogens with two attached hydrogens (primary N) is 1. The van der Waals surface area contributed by atoms with E-state index >= 15 is 0 Å². The van der Waals surface area contributed by atoms with Gasteiger partial charge in [-0.05, 0) is 55.7 Å². The summed E-state index contributed by atoms with van der Waals surface area (Å²) in [4.78, 5) is 20.0. The maximum atomic E-state index is 13.2. The van der Waals surface area contributed by atoms with Crippen LogP contribution in [-0.4, -0.2) is 21.9 Å². The third-order valence-electron chi connectivity index (χ3n) is 5.71. The van der Waals surface area contributed by atoms with E-state index in [2.05, 4.69) is 15.3 Å². The van der Waals surface area contributed by atoms with Crippen molar-refractivity contribution in [2.45, 2.75) is 44.7 Å². The molecule has 2 atom stereocenters. The van der Waals surface area contributed by atoms with Crippen LogP contribution in [0.5, 0.6) is 0 Å². The number of nitrogens with one attached hydrogen (secondary N) is 2. The number of nitrogens with zero attached hydrogens (tertiary/aromatic N) is 1. The molecule has 4 N–H and O–H groups in total. The molecular formula is C18H23FN4O. The highest BCUT2D eigenvalue weighted by Gasteiger charge is 2.40. The molecule has 2 aliphatic rings. The molecule has 1 amide bonds. The molecular weight excluding hydrogens is 307 g/mol. The van der Waals surface area contributed by atoms with Crippen molar-refractivity contribution in [3.05, 3.63) is 29.8 Å². The van der Waals surface area contributed by atoms with Crippen molar-refractivity contribution in [1.29, 1.82) is 0 Å². The summed E-state index contributed by atoms with van der Waals surface area (Å²) in [5.74, 6) is 1.47. The minimum absolute atomic E-state index is 0.0573. The van der Waals surface area contributed by atoms with Crippen LogP contribution in [0, 0.1) is 23.6 Å². The van der Waals surface area contributed by atoms with Crippen molar-refractivity contribution >= 4 is 16.9 Å². The highest BCUT2D eigenvalue weighted by molar-refractivity contribution is 5.79. The minimum atomic E-state index is -0.299. The van der Waals surface area contributed by atoms with Crippen molar-refractivity contribution in [3.8, 4) is 0 Å².